The maximum Gasteiger partial charge on any atom is 0.251 e. The highest BCUT2D eigenvalue weighted by Gasteiger charge is 2.24. The van der Waals surface area contributed by atoms with Crippen LogP contribution in [0.3, 0.4) is 0 Å². The van der Waals surface area contributed by atoms with E-state index in [1.54, 1.807) is 0 Å². The standard InChI is InChI=1S/C20H27N3O2/c1-16(2)19(23-11-13-25-14-12-23)15-21-20(24)17-5-7-18(8-6-17)22-9-3-4-10-22/h3-10,16,19H,11-15H2,1-2H3,(H,21,24). The van der Waals surface area contributed by atoms with Crippen molar-refractivity contribution < 1.29 is 9.53 Å². The van der Waals surface area contributed by atoms with E-state index >= 15 is 0 Å². The van der Waals surface area contributed by atoms with Crippen molar-refractivity contribution in [2.75, 3.05) is 32.8 Å². The Kier molecular flexibility index (Phi) is 5.89. The van der Waals surface area contributed by atoms with E-state index in [0.29, 0.717) is 24.1 Å². The molecule has 134 valence electrons. The first-order chi connectivity index (χ1) is 12.1. The molecule has 0 spiro atoms. The molecule has 1 aromatic heterocycles. The maximum atomic E-state index is 12.5. The smallest absolute Gasteiger partial charge is 0.251 e. The number of carbonyl (C=O) groups excluding carboxylic acids is 1. The zero-order valence-electron chi connectivity index (χ0n) is 15.0. The zero-order chi connectivity index (χ0) is 17.6. The van der Waals surface area contributed by atoms with Crippen LogP contribution in [-0.4, -0.2) is 54.3 Å². The van der Waals surface area contributed by atoms with Crippen LogP contribution in [0.5, 0.6) is 0 Å². The fourth-order valence-corrected chi connectivity index (χ4v) is 3.29. The second-order valence-corrected chi connectivity index (χ2v) is 6.81. The van der Waals surface area contributed by atoms with E-state index in [-0.39, 0.29) is 5.91 Å². The number of nitrogens with one attached hydrogen (secondary N) is 1. The highest BCUT2D eigenvalue weighted by atomic mass is 16.5. The largest absolute Gasteiger partial charge is 0.379 e. The third kappa shape index (κ3) is 4.50. The maximum absolute atomic E-state index is 12.5. The molecule has 3 rings (SSSR count). The van der Waals surface area contributed by atoms with Gasteiger partial charge in [-0.05, 0) is 42.3 Å². The van der Waals surface area contributed by atoms with E-state index in [1.807, 2.05) is 53.4 Å². The number of aromatic nitrogens is 1. The van der Waals surface area contributed by atoms with Gasteiger partial charge in [-0.3, -0.25) is 9.69 Å². The summed E-state index contributed by atoms with van der Waals surface area (Å²) in [5.41, 5.74) is 1.75. The fourth-order valence-electron chi connectivity index (χ4n) is 3.29. The van der Waals surface area contributed by atoms with Gasteiger partial charge < -0.3 is 14.6 Å². The van der Waals surface area contributed by atoms with Crippen molar-refractivity contribution in [3.05, 3.63) is 54.4 Å². The number of amides is 1. The van der Waals surface area contributed by atoms with E-state index in [1.165, 1.54) is 0 Å². The Labute approximate surface area is 149 Å². The number of hydrogen-bond acceptors (Lipinski definition) is 3. The predicted molar refractivity (Wildman–Crippen MR) is 99.1 cm³/mol. The van der Waals surface area contributed by atoms with Gasteiger partial charge in [0.15, 0.2) is 0 Å². The van der Waals surface area contributed by atoms with Crippen LogP contribution in [0.2, 0.25) is 0 Å². The van der Waals surface area contributed by atoms with Crippen molar-refractivity contribution in [1.29, 1.82) is 0 Å². The number of nitrogens with zero attached hydrogens (tertiary/aromatic N) is 2. The molecule has 1 amide bonds. The van der Waals surface area contributed by atoms with Crippen molar-refractivity contribution >= 4 is 5.91 Å². The fraction of sp³-hybridized carbons (Fsp3) is 0.450. The minimum absolute atomic E-state index is 0.0158. The SMILES string of the molecule is CC(C)C(CNC(=O)c1ccc(-n2cccc2)cc1)N1CCOCC1. The molecular formula is C20H27N3O2. The predicted octanol–water partition coefficient (Wildman–Crippen LogP) is 2.56. The van der Waals surface area contributed by atoms with Gasteiger partial charge in [0.1, 0.15) is 0 Å². The Morgan fingerprint density at radius 3 is 2.36 bits per heavy atom. The molecule has 25 heavy (non-hydrogen) atoms. The minimum atomic E-state index is -0.0158. The van der Waals surface area contributed by atoms with E-state index in [2.05, 4.69) is 24.1 Å². The Bertz CT molecular complexity index is 659. The summed E-state index contributed by atoms with van der Waals surface area (Å²) in [5.74, 6) is 0.465. The number of ether oxygens (including phenoxy) is 1. The van der Waals surface area contributed by atoms with Gasteiger partial charge in [-0.15, -0.1) is 0 Å². The molecule has 1 N–H and O–H groups in total. The topological polar surface area (TPSA) is 46.5 Å². The third-order valence-corrected chi connectivity index (χ3v) is 4.79. The second kappa shape index (κ2) is 8.32. The van der Waals surface area contributed by atoms with Crippen LogP contribution in [-0.2, 0) is 4.74 Å². The van der Waals surface area contributed by atoms with Crippen LogP contribution in [0.4, 0.5) is 0 Å². The summed E-state index contributed by atoms with van der Waals surface area (Å²) in [6.45, 7) is 8.50. The second-order valence-electron chi connectivity index (χ2n) is 6.81. The van der Waals surface area contributed by atoms with Gasteiger partial charge in [-0.25, -0.2) is 0 Å². The van der Waals surface area contributed by atoms with Crippen LogP contribution in [0.1, 0.15) is 24.2 Å². The molecule has 0 bridgehead atoms. The number of rotatable bonds is 6. The molecule has 0 aliphatic carbocycles. The highest BCUT2D eigenvalue weighted by molar-refractivity contribution is 5.94. The lowest BCUT2D eigenvalue weighted by Crippen LogP contribution is -2.51. The molecule has 0 radical (unpaired) electrons. The summed E-state index contributed by atoms with van der Waals surface area (Å²) in [5, 5.41) is 3.10. The molecular weight excluding hydrogens is 314 g/mol. The summed E-state index contributed by atoms with van der Waals surface area (Å²) in [6.07, 6.45) is 3.98. The molecule has 5 nitrogen and oxygen atoms in total. The van der Waals surface area contributed by atoms with Gasteiger partial charge in [0.05, 0.1) is 13.2 Å². The molecule has 1 fully saturated rings. The average molecular weight is 341 g/mol. The monoisotopic (exact) mass is 341 g/mol. The number of benzene rings is 1. The summed E-state index contributed by atoms with van der Waals surface area (Å²) in [7, 11) is 0. The normalized spacial score (nSPS) is 16.8. The quantitative estimate of drug-likeness (QED) is 0.878. The van der Waals surface area contributed by atoms with Gasteiger partial charge in [0.2, 0.25) is 0 Å². The summed E-state index contributed by atoms with van der Waals surface area (Å²) >= 11 is 0. The minimum Gasteiger partial charge on any atom is -0.379 e. The van der Waals surface area contributed by atoms with Crippen LogP contribution in [0, 0.1) is 5.92 Å². The summed E-state index contributed by atoms with van der Waals surface area (Å²) in [6, 6.07) is 12.0. The van der Waals surface area contributed by atoms with Crippen LogP contribution < -0.4 is 5.32 Å². The van der Waals surface area contributed by atoms with E-state index in [4.69, 9.17) is 4.74 Å². The van der Waals surface area contributed by atoms with Gasteiger partial charge in [0, 0.05) is 49.3 Å². The third-order valence-electron chi connectivity index (χ3n) is 4.79. The first kappa shape index (κ1) is 17.7. The lowest BCUT2D eigenvalue weighted by molar-refractivity contribution is 0.00673. The highest BCUT2D eigenvalue weighted by Crippen LogP contribution is 2.13. The number of hydrogen-bond donors (Lipinski definition) is 1. The first-order valence-corrected chi connectivity index (χ1v) is 8.98. The van der Waals surface area contributed by atoms with Crippen LogP contribution in [0.15, 0.2) is 48.8 Å². The van der Waals surface area contributed by atoms with Gasteiger partial charge in [0.25, 0.3) is 5.91 Å². The van der Waals surface area contributed by atoms with E-state index < -0.39 is 0 Å². The Balaban J connectivity index is 1.59. The molecule has 5 heteroatoms. The average Bonchev–Trinajstić information content (AvgIpc) is 3.17. The van der Waals surface area contributed by atoms with Crippen molar-refractivity contribution in [2.45, 2.75) is 19.9 Å². The lowest BCUT2D eigenvalue weighted by atomic mass is 10.0. The Morgan fingerprint density at radius 2 is 1.76 bits per heavy atom. The van der Waals surface area contributed by atoms with Crippen molar-refractivity contribution in [2.24, 2.45) is 5.92 Å². The Morgan fingerprint density at radius 1 is 1.12 bits per heavy atom. The molecule has 2 aromatic rings. The molecule has 1 aliphatic heterocycles. The molecule has 0 saturated carbocycles. The zero-order valence-corrected chi connectivity index (χ0v) is 15.0. The van der Waals surface area contributed by atoms with Crippen LogP contribution in [0.25, 0.3) is 5.69 Å². The summed E-state index contributed by atoms with van der Waals surface area (Å²) < 4.78 is 7.46. The molecule has 1 unspecified atom stereocenters. The van der Waals surface area contributed by atoms with Crippen LogP contribution >= 0.6 is 0 Å². The lowest BCUT2D eigenvalue weighted by Gasteiger charge is -2.36. The number of carbonyl (C=O) groups is 1. The molecule has 1 aliphatic rings. The van der Waals surface area contributed by atoms with Gasteiger partial charge in [-0.1, -0.05) is 13.8 Å². The molecule has 1 saturated heterocycles. The molecule has 2 heterocycles. The molecule has 1 aromatic carbocycles. The van der Waals surface area contributed by atoms with Crippen molar-refractivity contribution in [1.82, 2.24) is 14.8 Å². The number of morpholine rings is 1. The first-order valence-electron chi connectivity index (χ1n) is 8.98. The van der Waals surface area contributed by atoms with Gasteiger partial charge >= 0.3 is 0 Å². The van der Waals surface area contributed by atoms with E-state index in [9.17, 15) is 4.79 Å². The summed E-state index contributed by atoms with van der Waals surface area (Å²) in [4.78, 5) is 14.9. The van der Waals surface area contributed by atoms with Crippen molar-refractivity contribution in [3.8, 4) is 5.69 Å². The van der Waals surface area contributed by atoms with E-state index in [0.717, 1.165) is 32.0 Å². The Hall–Kier alpha value is -2.11. The van der Waals surface area contributed by atoms with Gasteiger partial charge in [-0.2, -0.15) is 0 Å². The molecule has 1 atom stereocenters. The van der Waals surface area contributed by atoms with Crippen molar-refractivity contribution in [3.63, 3.8) is 0 Å².